The van der Waals surface area contributed by atoms with Crippen molar-refractivity contribution in [3.8, 4) is 0 Å². The fourth-order valence-corrected chi connectivity index (χ4v) is 10.6. The van der Waals surface area contributed by atoms with Crippen LogP contribution in [0.3, 0.4) is 0 Å². The number of likely N-dealkylation sites (N-methyl/N-ethyl adjacent to an activating group) is 1. The molecule has 2 saturated heterocycles. The Morgan fingerprint density at radius 3 is 1.64 bits per heavy atom. The van der Waals surface area contributed by atoms with Crippen molar-refractivity contribution < 1.29 is 37.7 Å². The summed E-state index contributed by atoms with van der Waals surface area (Å²) in [7, 11) is 0. The Balaban J connectivity index is 0.000000183. The standard InChI is InChI=1S/C27H37FN2O3.C20H24FNO3/c1-3-5-22(31)18-29(4-2)27(32)21-7-9-26-24(17-21)23-16-20(19-10-14-33-15-11-19)6-8-25(23)30(26)13-12-28;21-7-8-22-18-3-1-14(13-5-9-25-10-6-13)11-16(18)17-12-15(20(23)24)2-4-19(17)22/h7,9,17,19-20H,3-6,8,10-16,18H2,1-2H3;2,4,12-14H,1,3,5-11H2,(H,23,24). The predicted octanol–water partition coefficient (Wildman–Crippen LogP) is 8.81. The largest absolute Gasteiger partial charge is 0.478 e. The molecule has 1 N–H and O–H groups in total. The van der Waals surface area contributed by atoms with Crippen molar-refractivity contribution in [1.82, 2.24) is 14.0 Å². The number of alkyl halides is 2. The molecule has 2 aromatic heterocycles. The van der Waals surface area contributed by atoms with Crippen molar-refractivity contribution in [2.75, 3.05) is 52.9 Å². The number of Topliss-reactive ketones (excluding diaryl/α,β-unsaturated/α-hetero) is 1. The topological polar surface area (TPSA) is 103 Å². The lowest BCUT2D eigenvalue weighted by Crippen LogP contribution is -2.35. The molecule has 11 heteroatoms. The van der Waals surface area contributed by atoms with Gasteiger partial charge in [-0.15, -0.1) is 0 Å². The van der Waals surface area contributed by atoms with Gasteiger partial charge in [-0.25, -0.2) is 13.6 Å². The average Bonchev–Trinajstić information content (AvgIpc) is 3.74. The predicted molar refractivity (Wildman–Crippen MR) is 222 cm³/mol. The molecule has 1 amide bonds. The number of carboxylic acids is 1. The summed E-state index contributed by atoms with van der Waals surface area (Å²) in [4.78, 5) is 38.4. The summed E-state index contributed by atoms with van der Waals surface area (Å²) < 4.78 is 41.8. The molecule has 4 aromatic rings. The Morgan fingerprint density at radius 2 is 1.19 bits per heavy atom. The normalized spacial score (nSPS) is 20.0. The number of fused-ring (bicyclic) bond motifs is 6. The maximum atomic E-state index is 13.4. The fraction of sp³-hybridized carbons (Fsp3) is 0.596. The van der Waals surface area contributed by atoms with Crippen LogP contribution in [0.5, 0.6) is 0 Å². The molecule has 2 aliphatic carbocycles. The van der Waals surface area contributed by atoms with E-state index in [9.17, 15) is 28.3 Å². The summed E-state index contributed by atoms with van der Waals surface area (Å²) in [6.07, 6.45) is 11.9. The minimum atomic E-state index is -0.911. The molecule has 2 unspecified atom stereocenters. The Labute approximate surface area is 341 Å². The molecule has 0 saturated carbocycles. The summed E-state index contributed by atoms with van der Waals surface area (Å²) in [5.41, 5.74) is 7.89. The minimum absolute atomic E-state index is 0.0968. The van der Waals surface area contributed by atoms with E-state index in [1.54, 1.807) is 17.0 Å². The fourth-order valence-electron chi connectivity index (χ4n) is 10.6. The van der Waals surface area contributed by atoms with Crippen LogP contribution in [0.1, 0.15) is 108 Å². The molecular formula is C47H61F2N3O6. The van der Waals surface area contributed by atoms with Gasteiger partial charge < -0.3 is 28.6 Å². The highest BCUT2D eigenvalue weighted by molar-refractivity contribution is 6.01. The Bertz CT molecular complexity index is 2080. The van der Waals surface area contributed by atoms with Crippen LogP contribution in [0.15, 0.2) is 36.4 Å². The number of aromatic carboxylic acids is 1. The Hall–Kier alpha value is -4.09. The number of benzene rings is 2. The van der Waals surface area contributed by atoms with Crippen LogP contribution < -0.4 is 0 Å². The van der Waals surface area contributed by atoms with E-state index >= 15 is 0 Å². The number of amides is 1. The molecule has 0 radical (unpaired) electrons. The molecule has 0 spiro atoms. The van der Waals surface area contributed by atoms with E-state index in [1.807, 2.05) is 38.1 Å². The third kappa shape index (κ3) is 8.91. The zero-order valence-corrected chi connectivity index (χ0v) is 34.4. The first-order valence-electron chi connectivity index (χ1n) is 21.9. The maximum Gasteiger partial charge on any atom is 0.335 e. The number of carbonyl (C=O) groups excluding carboxylic acids is 2. The van der Waals surface area contributed by atoms with Crippen molar-refractivity contribution in [3.63, 3.8) is 0 Å². The van der Waals surface area contributed by atoms with Gasteiger partial charge in [-0.1, -0.05) is 6.92 Å². The molecule has 2 atom stereocenters. The van der Waals surface area contributed by atoms with Crippen LogP contribution in [0.2, 0.25) is 0 Å². The lowest BCUT2D eigenvalue weighted by atomic mass is 9.75. The van der Waals surface area contributed by atoms with E-state index in [1.165, 1.54) is 22.5 Å². The lowest BCUT2D eigenvalue weighted by molar-refractivity contribution is -0.119. The summed E-state index contributed by atoms with van der Waals surface area (Å²) in [5.74, 6) is 1.68. The molecule has 314 valence electrons. The van der Waals surface area contributed by atoms with Gasteiger partial charge in [0.1, 0.15) is 13.3 Å². The van der Waals surface area contributed by atoms with Crippen LogP contribution in [0, 0.1) is 23.7 Å². The van der Waals surface area contributed by atoms with Gasteiger partial charge >= 0.3 is 5.97 Å². The van der Waals surface area contributed by atoms with Crippen molar-refractivity contribution >= 4 is 39.5 Å². The van der Waals surface area contributed by atoms with E-state index in [-0.39, 0.29) is 18.2 Å². The van der Waals surface area contributed by atoms with Crippen molar-refractivity contribution in [2.24, 2.45) is 23.7 Å². The summed E-state index contributed by atoms with van der Waals surface area (Å²) >= 11 is 0. The van der Waals surface area contributed by atoms with Crippen LogP contribution in [0.4, 0.5) is 8.78 Å². The van der Waals surface area contributed by atoms with Gasteiger partial charge in [-0.05, 0) is 149 Å². The number of carbonyl (C=O) groups is 3. The highest BCUT2D eigenvalue weighted by Gasteiger charge is 2.33. The summed E-state index contributed by atoms with van der Waals surface area (Å²) in [6, 6.07) is 11.1. The Morgan fingerprint density at radius 1 is 0.707 bits per heavy atom. The number of aryl methyl sites for hydroxylation is 2. The number of rotatable bonds is 13. The van der Waals surface area contributed by atoms with E-state index in [2.05, 4.69) is 9.13 Å². The van der Waals surface area contributed by atoms with Crippen LogP contribution in [-0.2, 0) is 53.0 Å². The van der Waals surface area contributed by atoms with Gasteiger partial charge in [0.25, 0.3) is 5.91 Å². The summed E-state index contributed by atoms with van der Waals surface area (Å²) in [5, 5.41) is 11.4. The molecule has 4 aliphatic rings. The first kappa shape index (κ1) is 42.0. The highest BCUT2D eigenvalue weighted by Crippen LogP contribution is 2.41. The molecule has 4 heterocycles. The number of carboxylic acid groups (broad SMARTS) is 1. The second-order valence-corrected chi connectivity index (χ2v) is 16.8. The number of nitrogens with zero attached hydrogens (tertiary/aromatic N) is 3. The van der Waals surface area contributed by atoms with Crippen LogP contribution in [-0.4, -0.2) is 89.7 Å². The van der Waals surface area contributed by atoms with Gasteiger partial charge in [-0.2, -0.15) is 0 Å². The third-order valence-corrected chi connectivity index (χ3v) is 13.6. The van der Waals surface area contributed by atoms with Crippen LogP contribution in [0.25, 0.3) is 21.8 Å². The Kier molecular flexibility index (Phi) is 14.0. The molecule has 2 fully saturated rings. The van der Waals surface area contributed by atoms with Crippen LogP contribution >= 0.6 is 0 Å². The molecule has 9 nitrogen and oxygen atoms in total. The lowest BCUT2D eigenvalue weighted by Gasteiger charge is -2.33. The third-order valence-electron chi connectivity index (χ3n) is 13.6. The number of halogens is 2. The quantitative estimate of drug-likeness (QED) is 0.145. The number of aromatic nitrogens is 2. The molecule has 0 bridgehead atoms. The van der Waals surface area contributed by atoms with E-state index in [4.69, 9.17) is 9.47 Å². The van der Waals surface area contributed by atoms with Gasteiger partial charge in [0, 0.05) is 78.2 Å². The molecule has 58 heavy (non-hydrogen) atoms. The second-order valence-electron chi connectivity index (χ2n) is 16.8. The molecule has 2 aromatic carbocycles. The first-order chi connectivity index (χ1) is 28.3. The zero-order valence-electron chi connectivity index (χ0n) is 34.4. The molecular weight excluding hydrogens is 741 g/mol. The maximum absolute atomic E-state index is 13.4. The van der Waals surface area contributed by atoms with E-state index < -0.39 is 19.3 Å². The first-order valence-corrected chi connectivity index (χ1v) is 21.9. The summed E-state index contributed by atoms with van der Waals surface area (Å²) in [6.45, 7) is 7.84. The molecule has 2 aliphatic heterocycles. The van der Waals surface area contributed by atoms with E-state index in [0.29, 0.717) is 60.9 Å². The van der Waals surface area contributed by atoms with Gasteiger partial charge in [0.15, 0.2) is 5.78 Å². The van der Waals surface area contributed by atoms with Crippen molar-refractivity contribution in [3.05, 3.63) is 70.0 Å². The minimum Gasteiger partial charge on any atom is -0.478 e. The zero-order chi connectivity index (χ0) is 40.8. The number of ether oxygens (including phenoxy) is 2. The monoisotopic (exact) mass is 801 g/mol. The average molecular weight is 802 g/mol. The SMILES string of the molecule is CCCC(=O)CN(CC)C(=O)c1ccc2c(c1)c1c(n2CCF)CCC(C2CCOCC2)C1.O=C(O)c1ccc2c(c1)c1c(n2CCF)CCC(C2CCOCC2)C1. The van der Waals surface area contributed by atoms with E-state index in [0.717, 1.165) is 119 Å². The molecule has 8 rings (SSSR count). The number of ketones is 1. The van der Waals surface area contributed by atoms with Crippen molar-refractivity contribution in [2.45, 2.75) is 104 Å². The van der Waals surface area contributed by atoms with Gasteiger partial charge in [-0.3, -0.25) is 9.59 Å². The smallest absolute Gasteiger partial charge is 0.335 e. The highest BCUT2D eigenvalue weighted by atomic mass is 19.1. The van der Waals surface area contributed by atoms with Gasteiger partial charge in [0.2, 0.25) is 0 Å². The second kappa shape index (κ2) is 19.3. The number of hydrogen-bond acceptors (Lipinski definition) is 5. The van der Waals surface area contributed by atoms with Gasteiger partial charge in [0.05, 0.1) is 25.2 Å². The van der Waals surface area contributed by atoms with Crippen molar-refractivity contribution in [1.29, 1.82) is 0 Å². The number of hydrogen-bond donors (Lipinski definition) is 1.